The summed E-state index contributed by atoms with van der Waals surface area (Å²) < 4.78 is 5.51. The van der Waals surface area contributed by atoms with Gasteiger partial charge in [-0.25, -0.2) is 0 Å². The van der Waals surface area contributed by atoms with Crippen molar-refractivity contribution in [2.75, 3.05) is 26.7 Å². The zero-order valence-electron chi connectivity index (χ0n) is 9.20. The van der Waals surface area contributed by atoms with Gasteiger partial charge in [0.25, 0.3) is 0 Å². The molecule has 0 saturated carbocycles. The quantitative estimate of drug-likeness (QED) is 0.802. The van der Waals surface area contributed by atoms with E-state index in [1.165, 1.54) is 11.1 Å². The molecule has 0 spiro atoms. The molecule has 0 saturated heterocycles. The number of nitrogens with zero attached hydrogens (tertiary/aromatic N) is 1. The second-order valence-electron chi connectivity index (χ2n) is 4.06. The average molecular weight is 206 g/mol. The second-order valence-corrected chi connectivity index (χ2v) is 4.06. The summed E-state index contributed by atoms with van der Waals surface area (Å²) in [6, 6.07) is 6.36. The fourth-order valence-electron chi connectivity index (χ4n) is 1.94. The third-order valence-electron chi connectivity index (χ3n) is 2.77. The van der Waals surface area contributed by atoms with E-state index in [9.17, 15) is 0 Å². The van der Waals surface area contributed by atoms with Crippen molar-refractivity contribution in [2.24, 2.45) is 5.73 Å². The van der Waals surface area contributed by atoms with Gasteiger partial charge in [0.2, 0.25) is 0 Å². The Kier molecular flexibility index (Phi) is 3.23. The molecule has 1 aliphatic rings. The molecule has 0 fully saturated rings. The first-order valence-corrected chi connectivity index (χ1v) is 5.43. The number of hydrogen-bond acceptors (Lipinski definition) is 3. The Bertz CT molecular complexity index is 338. The van der Waals surface area contributed by atoms with Gasteiger partial charge < -0.3 is 15.4 Å². The van der Waals surface area contributed by atoms with Gasteiger partial charge in [-0.05, 0) is 36.7 Å². The lowest BCUT2D eigenvalue weighted by molar-refractivity contribution is 0.306. The van der Waals surface area contributed by atoms with Crippen molar-refractivity contribution in [1.29, 1.82) is 0 Å². The Labute approximate surface area is 90.8 Å². The number of fused-ring (bicyclic) bond motifs is 1. The number of rotatable bonds is 3. The van der Waals surface area contributed by atoms with E-state index in [1.807, 2.05) is 6.07 Å². The van der Waals surface area contributed by atoms with Crippen LogP contribution >= 0.6 is 0 Å². The summed E-state index contributed by atoms with van der Waals surface area (Å²) in [6.45, 7) is 3.33. The van der Waals surface area contributed by atoms with Crippen LogP contribution in [0.25, 0.3) is 0 Å². The lowest BCUT2D eigenvalue weighted by Gasteiger charge is -2.25. The smallest absolute Gasteiger partial charge is 0.119 e. The SMILES string of the molecule is CN1CCc2ccc(OCCN)cc2C1. The van der Waals surface area contributed by atoms with E-state index in [-0.39, 0.29) is 0 Å². The molecule has 0 amide bonds. The number of nitrogens with two attached hydrogens (primary N) is 1. The first kappa shape index (κ1) is 10.5. The van der Waals surface area contributed by atoms with Crippen LogP contribution in [0.4, 0.5) is 0 Å². The molecule has 3 heteroatoms. The van der Waals surface area contributed by atoms with Crippen molar-refractivity contribution in [3.8, 4) is 5.75 Å². The summed E-state index contributed by atoms with van der Waals surface area (Å²) in [6.07, 6.45) is 1.14. The van der Waals surface area contributed by atoms with Crippen LogP contribution in [0, 0.1) is 0 Å². The van der Waals surface area contributed by atoms with Crippen molar-refractivity contribution >= 4 is 0 Å². The maximum atomic E-state index is 5.51. The predicted molar refractivity (Wildman–Crippen MR) is 61.0 cm³/mol. The molecule has 0 aromatic heterocycles. The zero-order valence-corrected chi connectivity index (χ0v) is 9.20. The summed E-state index contributed by atoms with van der Waals surface area (Å²) >= 11 is 0. The highest BCUT2D eigenvalue weighted by molar-refractivity contribution is 5.37. The van der Waals surface area contributed by atoms with Crippen molar-refractivity contribution in [1.82, 2.24) is 4.90 Å². The van der Waals surface area contributed by atoms with E-state index in [4.69, 9.17) is 10.5 Å². The summed E-state index contributed by atoms with van der Waals surface area (Å²) in [5, 5.41) is 0. The van der Waals surface area contributed by atoms with Crippen LogP contribution in [-0.2, 0) is 13.0 Å². The van der Waals surface area contributed by atoms with Crippen LogP contribution in [0.15, 0.2) is 18.2 Å². The van der Waals surface area contributed by atoms with Crippen LogP contribution in [-0.4, -0.2) is 31.6 Å². The summed E-state index contributed by atoms with van der Waals surface area (Å²) in [5.74, 6) is 0.939. The first-order chi connectivity index (χ1) is 7.29. The van der Waals surface area contributed by atoms with Gasteiger partial charge in [0.15, 0.2) is 0 Å². The molecule has 1 aromatic rings. The Balaban J connectivity index is 2.13. The highest BCUT2D eigenvalue weighted by atomic mass is 16.5. The zero-order chi connectivity index (χ0) is 10.7. The Hall–Kier alpha value is -1.06. The standard InChI is InChI=1S/C12H18N2O/c1-14-6-4-10-2-3-12(15-7-5-13)8-11(10)9-14/h2-3,8H,4-7,9,13H2,1H3. The van der Waals surface area contributed by atoms with Crippen molar-refractivity contribution in [2.45, 2.75) is 13.0 Å². The van der Waals surface area contributed by atoms with Gasteiger partial charge in [0.1, 0.15) is 12.4 Å². The van der Waals surface area contributed by atoms with Crippen LogP contribution in [0.1, 0.15) is 11.1 Å². The van der Waals surface area contributed by atoms with E-state index < -0.39 is 0 Å². The minimum absolute atomic E-state index is 0.566. The topological polar surface area (TPSA) is 38.5 Å². The van der Waals surface area contributed by atoms with Crippen molar-refractivity contribution in [3.63, 3.8) is 0 Å². The Morgan fingerprint density at radius 1 is 1.40 bits per heavy atom. The first-order valence-electron chi connectivity index (χ1n) is 5.43. The van der Waals surface area contributed by atoms with E-state index in [1.54, 1.807) is 0 Å². The number of hydrogen-bond donors (Lipinski definition) is 1. The molecule has 0 aliphatic carbocycles. The highest BCUT2D eigenvalue weighted by Gasteiger charge is 2.13. The van der Waals surface area contributed by atoms with Crippen LogP contribution < -0.4 is 10.5 Å². The van der Waals surface area contributed by atoms with Gasteiger partial charge in [-0.3, -0.25) is 0 Å². The molecule has 0 unspecified atom stereocenters. The molecule has 1 aromatic carbocycles. The summed E-state index contributed by atoms with van der Waals surface area (Å²) in [7, 11) is 2.15. The maximum absolute atomic E-state index is 5.51. The molecular weight excluding hydrogens is 188 g/mol. The lowest BCUT2D eigenvalue weighted by Crippen LogP contribution is -2.26. The molecule has 82 valence electrons. The van der Waals surface area contributed by atoms with E-state index in [2.05, 4.69) is 24.1 Å². The van der Waals surface area contributed by atoms with Crippen LogP contribution in [0.3, 0.4) is 0 Å². The number of benzene rings is 1. The molecule has 15 heavy (non-hydrogen) atoms. The monoisotopic (exact) mass is 206 g/mol. The van der Waals surface area contributed by atoms with E-state index in [0.717, 1.165) is 25.3 Å². The fourth-order valence-corrected chi connectivity index (χ4v) is 1.94. The maximum Gasteiger partial charge on any atom is 0.119 e. The summed E-state index contributed by atoms with van der Waals surface area (Å²) in [5.41, 5.74) is 8.24. The van der Waals surface area contributed by atoms with Crippen molar-refractivity contribution < 1.29 is 4.74 Å². The van der Waals surface area contributed by atoms with Gasteiger partial charge in [-0.1, -0.05) is 6.07 Å². The van der Waals surface area contributed by atoms with Gasteiger partial charge in [0.05, 0.1) is 0 Å². The van der Waals surface area contributed by atoms with Crippen LogP contribution in [0.5, 0.6) is 5.75 Å². The molecule has 0 bridgehead atoms. The minimum atomic E-state index is 0.566. The number of likely N-dealkylation sites (N-methyl/N-ethyl adjacent to an activating group) is 1. The third kappa shape index (κ3) is 2.49. The number of ether oxygens (including phenoxy) is 1. The van der Waals surface area contributed by atoms with Gasteiger partial charge in [-0.15, -0.1) is 0 Å². The van der Waals surface area contributed by atoms with E-state index in [0.29, 0.717) is 13.2 Å². The molecule has 1 heterocycles. The molecule has 2 N–H and O–H groups in total. The molecule has 3 nitrogen and oxygen atoms in total. The average Bonchev–Trinajstić information content (AvgIpc) is 2.25. The normalized spacial score (nSPS) is 16.1. The second kappa shape index (κ2) is 4.64. The molecule has 0 radical (unpaired) electrons. The van der Waals surface area contributed by atoms with Gasteiger partial charge in [-0.2, -0.15) is 0 Å². The van der Waals surface area contributed by atoms with E-state index >= 15 is 0 Å². The largest absolute Gasteiger partial charge is 0.492 e. The summed E-state index contributed by atoms with van der Waals surface area (Å²) in [4.78, 5) is 2.33. The molecule has 1 aliphatic heterocycles. The van der Waals surface area contributed by atoms with Gasteiger partial charge in [0, 0.05) is 19.6 Å². The Morgan fingerprint density at radius 3 is 3.07 bits per heavy atom. The fraction of sp³-hybridized carbons (Fsp3) is 0.500. The molecular formula is C12H18N2O. The Morgan fingerprint density at radius 2 is 2.27 bits per heavy atom. The highest BCUT2D eigenvalue weighted by Crippen LogP contribution is 2.22. The molecule has 0 atom stereocenters. The molecule has 2 rings (SSSR count). The van der Waals surface area contributed by atoms with Crippen LogP contribution in [0.2, 0.25) is 0 Å². The predicted octanol–water partition coefficient (Wildman–Crippen LogP) is 1.01. The minimum Gasteiger partial charge on any atom is -0.492 e. The lowest BCUT2D eigenvalue weighted by atomic mass is 10.00. The van der Waals surface area contributed by atoms with Crippen molar-refractivity contribution in [3.05, 3.63) is 29.3 Å². The van der Waals surface area contributed by atoms with Gasteiger partial charge >= 0.3 is 0 Å². The third-order valence-corrected chi connectivity index (χ3v) is 2.77.